The van der Waals surface area contributed by atoms with Crippen molar-refractivity contribution >= 4 is 0 Å². The average molecular weight is 256 g/mol. The van der Waals surface area contributed by atoms with Gasteiger partial charge in [-0.1, -0.05) is 19.4 Å². The summed E-state index contributed by atoms with van der Waals surface area (Å²) in [6.07, 6.45) is 8.29. The standard InChI is InChI=1S/C18H24O/c1-11-2-5-16-14(11)8-9-17-15-7-4-13(19)10-12(15)3-6-18(16)17/h4,7,10-11,14,16-19H,2-3,5-6,8-9H2,1H3/t11-,14?,16+,17+,18-/m0/s1. The lowest BCUT2D eigenvalue weighted by molar-refractivity contribution is 0.119. The van der Waals surface area contributed by atoms with E-state index < -0.39 is 0 Å². The van der Waals surface area contributed by atoms with Crippen LogP contribution in [0.25, 0.3) is 0 Å². The molecule has 102 valence electrons. The summed E-state index contributed by atoms with van der Waals surface area (Å²) in [5.74, 6) is 5.14. The lowest BCUT2D eigenvalue weighted by atomic mass is 9.60. The van der Waals surface area contributed by atoms with Crippen LogP contribution in [0.2, 0.25) is 0 Å². The van der Waals surface area contributed by atoms with E-state index in [9.17, 15) is 5.11 Å². The molecule has 1 N–H and O–H groups in total. The highest BCUT2D eigenvalue weighted by Gasteiger charge is 2.46. The van der Waals surface area contributed by atoms with Gasteiger partial charge in [-0.3, -0.25) is 0 Å². The van der Waals surface area contributed by atoms with Crippen LogP contribution in [0, 0.1) is 23.7 Å². The molecule has 0 amide bonds. The Bertz CT molecular complexity index is 492. The number of phenols is 1. The van der Waals surface area contributed by atoms with Crippen LogP contribution in [-0.4, -0.2) is 5.11 Å². The van der Waals surface area contributed by atoms with E-state index >= 15 is 0 Å². The Labute approximate surface area is 116 Å². The third kappa shape index (κ3) is 1.74. The molecule has 0 spiro atoms. The van der Waals surface area contributed by atoms with Crippen molar-refractivity contribution in [2.75, 3.05) is 0 Å². The average Bonchev–Trinajstić information content (AvgIpc) is 2.80. The number of fused-ring (bicyclic) bond motifs is 5. The summed E-state index contributed by atoms with van der Waals surface area (Å²) in [5.41, 5.74) is 2.98. The molecule has 0 aromatic heterocycles. The van der Waals surface area contributed by atoms with Crippen LogP contribution < -0.4 is 0 Å². The molecule has 1 heteroatoms. The minimum atomic E-state index is 0.445. The van der Waals surface area contributed by atoms with Crippen molar-refractivity contribution in [3.05, 3.63) is 29.3 Å². The molecule has 2 fully saturated rings. The Hall–Kier alpha value is -0.980. The topological polar surface area (TPSA) is 20.2 Å². The maximum absolute atomic E-state index is 9.67. The second-order valence-electron chi connectivity index (χ2n) is 7.15. The van der Waals surface area contributed by atoms with Gasteiger partial charge in [0.1, 0.15) is 5.75 Å². The number of benzene rings is 1. The van der Waals surface area contributed by atoms with Crippen molar-refractivity contribution < 1.29 is 5.11 Å². The van der Waals surface area contributed by atoms with Gasteiger partial charge in [0.2, 0.25) is 0 Å². The van der Waals surface area contributed by atoms with Crippen LogP contribution in [-0.2, 0) is 6.42 Å². The largest absolute Gasteiger partial charge is 0.508 e. The lowest BCUT2D eigenvalue weighted by Gasteiger charge is -2.45. The van der Waals surface area contributed by atoms with Gasteiger partial charge >= 0.3 is 0 Å². The first-order valence-corrected chi connectivity index (χ1v) is 8.06. The van der Waals surface area contributed by atoms with Gasteiger partial charge in [-0.05, 0) is 85.0 Å². The Morgan fingerprint density at radius 2 is 1.79 bits per heavy atom. The summed E-state index contributed by atoms with van der Waals surface area (Å²) in [6.45, 7) is 2.47. The zero-order valence-electron chi connectivity index (χ0n) is 11.8. The summed E-state index contributed by atoms with van der Waals surface area (Å²) >= 11 is 0. The van der Waals surface area contributed by atoms with E-state index in [2.05, 4.69) is 13.0 Å². The van der Waals surface area contributed by atoms with Gasteiger partial charge in [-0.25, -0.2) is 0 Å². The maximum atomic E-state index is 9.67. The predicted molar refractivity (Wildman–Crippen MR) is 77.3 cm³/mol. The first-order chi connectivity index (χ1) is 9.24. The highest BCUT2D eigenvalue weighted by Crippen LogP contribution is 2.56. The molecule has 0 radical (unpaired) electrons. The molecule has 0 saturated heterocycles. The third-order valence-electron chi connectivity index (χ3n) is 6.39. The van der Waals surface area contributed by atoms with E-state index in [0.717, 1.165) is 29.6 Å². The van der Waals surface area contributed by atoms with Crippen molar-refractivity contribution in [3.8, 4) is 5.75 Å². The molecule has 3 aliphatic carbocycles. The normalized spacial score (nSPS) is 40.4. The van der Waals surface area contributed by atoms with Gasteiger partial charge in [-0.15, -0.1) is 0 Å². The number of aromatic hydroxyl groups is 1. The van der Waals surface area contributed by atoms with Crippen molar-refractivity contribution in [2.24, 2.45) is 23.7 Å². The fraction of sp³-hybridized carbons (Fsp3) is 0.667. The molecule has 1 aromatic carbocycles. The summed E-state index contributed by atoms with van der Waals surface area (Å²) < 4.78 is 0. The molecule has 5 atom stereocenters. The van der Waals surface area contributed by atoms with Gasteiger partial charge in [0, 0.05) is 0 Å². The monoisotopic (exact) mass is 256 g/mol. The minimum absolute atomic E-state index is 0.445. The Balaban J connectivity index is 1.68. The molecule has 1 aromatic rings. The van der Waals surface area contributed by atoms with E-state index in [4.69, 9.17) is 0 Å². The summed E-state index contributed by atoms with van der Waals surface area (Å²) in [5, 5.41) is 9.67. The molecule has 1 unspecified atom stereocenters. The summed E-state index contributed by atoms with van der Waals surface area (Å²) in [7, 11) is 0. The molecule has 1 nitrogen and oxygen atoms in total. The van der Waals surface area contributed by atoms with E-state index in [0.29, 0.717) is 5.75 Å². The van der Waals surface area contributed by atoms with Crippen molar-refractivity contribution in [1.82, 2.24) is 0 Å². The molecule has 2 saturated carbocycles. The molecular weight excluding hydrogens is 232 g/mol. The second-order valence-corrected chi connectivity index (χ2v) is 7.15. The van der Waals surface area contributed by atoms with Crippen LogP contribution in [0.4, 0.5) is 0 Å². The molecule has 4 rings (SSSR count). The second kappa shape index (κ2) is 4.26. The number of phenolic OH excluding ortho intramolecular Hbond substituents is 1. The zero-order valence-corrected chi connectivity index (χ0v) is 11.8. The Kier molecular flexibility index (Phi) is 2.65. The van der Waals surface area contributed by atoms with E-state index in [1.54, 1.807) is 5.56 Å². The SMILES string of the molecule is C[C@H]1CC[C@@H]2C1CC[C@@H]1c3ccc(O)cc3CC[C@H]12. The van der Waals surface area contributed by atoms with Gasteiger partial charge in [0.05, 0.1) is 0 Å². The first-order valence-electron chi connectivity index (χ1n) is 8.06. The number of hydrogen-bond donors (Lipinski definition) is 1. The fourth-order valence-corrected chi connectivity index (χ4v) is 5.51. The molecule has 0 heterocycles. The molecular formula is C18H24O. The first kappa shape index (κ1) is 11.8. The Morgan fingerprint density at radius 3 is 2.68 bits per heavy atom. The fourth-order valence-electron chi connectivity index (χ4n) is 5.51. The lowest BCUT2D eigenvalue weighted by Crippen LogP contribution is -2.35. The van der Waals surface area contributed by atoms with Crippen molar-refractivity contribution in [3.63, 3.8) is 0 Å². The number of rotatable bonds is 0. The van der Waals surface area contributed by atoms with E-state index in [1.165, 1.54) is 44.1 Å². The van der Waals surface area contributed by atoms with E-state index in [-0.39, 0.29) is 0 Å². The van der Waals surface area contributed by atoms with E-state index in [1.807, 2.05) is 12.1 Å². The zero-order chi connectivity index (χ0) is 13.0. The van der Waals surface area contributed by atoms with Gasteiger partial charge < -0.3 is 5.11 Å². The third-order valence-corrected chi connectivity index (χ3v) is 6.39. The molecule has 0 aliphatic heterocycles. The predicted octanol–water partition coefficient (Wildman–Crippen LogP) is 4.49. The Morgan fingerprint density at radius 1 is 0.947 bits per heavy atom. The summed E-state index contributed by atoms with van der Waals surface area (Å²) in [4.78, 5) is 0. The van der Waals surface area contributed by atoms with Gasteiger partial charge in [0.15, 0.2) is 0 Å². The van der Waals surface area contributed by atoms with Crippen molar-refractivity contribution in [2.45, 2.75) is 51.4 Å². The number of aryl methyl sites for hydroxylation is 1. The molecule has 3 aliphatic rings. The summed E-state index contributed by atoms with van der Waals surface area (Å²) in [6, 6.07) is 6.11. The van der Waals surface area contributed by atoms with Crippen LogP contribution in [0.15, 0.2) is 18.2 Å². The highest BCUT2D eigenvalue weighted by atomic mass is 16.3. The van der Waals surface area contributed by atoms with Gasteiger partial charge in [0.25, 0.3) is 0 Å². The smallest absolute Gasteiger partial charge is 0.115 e. The quantitative estimate of drug-likeness (QED) is 0.725. The molecule has 19 heavy (non-hydrogen) atoms. The maximum Gasteiger partial charge on any atom is 0.115 e. The number of hydrogen-bond acceptors (Lipinski definition) is 1. The van der Waals surface area contributed by atoms with Crippen LogP contribution in [0.3, 0.4) is 0 Å². The van der Waals surface area contributed by atoms with Gasteiger partial charge in [-0.2, -0.15) is 0 Å². The molecule has 0 bridgehead atoms. The highest BCUT2D eigenvalue weighted by molar-refractivity contribution is 5.39. The van der Waals surface area contributed by atoms with Crippen LogP contribution >= 0.6 is 0 Å². The van der Waals surface area contributed by atoms with Crippen LogP contribution in [0.1, 0.15) is 56.1 Å². The van der Waals surface area contributed by atoms with Crippen molar-refractivity contribution in [1.29, 1.82) is 0 Å². The van der Waals surface area contributed by atoms with Crippen LogP contribution in [0.5, 0.6) is 5.75 Å². The minimum Gasteiger partial charge on any atom is -0.508 e.